The fraction of sp³-hybridized carbons (Fsp3) is 0.133. The highest BCUT2D eigenvalue weighted by atomic mass is 35.5. The average Bonchev–Trinajstić information content (AvgIpc) is 2.44. The summed E-state index contributed by atoms with van der Waals surface area (Å²) < 4.78 is 26.5. The maximum Gasteiger partial charge on any atom is 0.248 e. The van der Waals surface area contributed by atoms with E-state index in [0.29, 0.717) is 17.1 Å². The smallest absolute Gasteiger partial charge is 0.248 e. The van der Waals surface area contributed by atoms with Gasteiger partial charge in [-0.2, -0.15) is 0 Å². The Morgan fingerprint density at radius 2 is 1.81 bits per heavy atom. The molecular weight excluding hydrogens is 298 g/mol. The molecule has 0 aliphatic rings. The number of hydrogen-bond donors (Lipinski definition) is 2. The Morgan fingerprint density at radius 1 is 1.10 bits per heavy atom. The summed E-state index contributed by atoms with van der Waals surface area (Å²) in [5.41, 5.74) is 6.44. The third-order valence-corrected chi connectivity index (χ3v) is 3.33. The lowest BCUT2D eigenvalue weighted by atomic mass is 10.1. The first kappa shape index (κ1) is 15.4. The summed E-state index contributed by atoms with van der Waals surface area (Å²) in [6.07, 6.45) is 0. The highest BCUT2D eigenvalue weighted by Gasteiger charge is 2.07. The van der Waals surface area contributed by atoms with Crippen molar-refractivity contribution in [2.75, 3.05) is 0 Å². The number of carbonyl (C=O) groups is 1. The Labute approximate surface area is 125 Å². The van der Waals surface area contributed by atoms with E-state index in [1.807, 2.05) is 0 Å². The topological polar surface area (TPSA) is 55.1 Å². The lowest BCUT2D eigenvalue weighted by Gasteiger charge is -2.08. The van der Waals surface area contributed by atoms with Crippen molar-refractivity contribution >= 4 is 17.5 Å². The molecule has 0 aliphatic heterocycles. The van der Waals surface area contributed by atoms with E-state index in [4.69, 9.17) is 17.3 Å². The Bertz CT molecular complexity index is 677. The molecule has 0 aromatic heterocycles. The zero-order valence-electron chi connectivity index (χ0n) is 11.0. The molecule has 0 aliphatic carbocycles. The number of hydrogen-bond acceptors (Lipinski definition) is 2. The van der Waals surface area contributed by atoms with Crippen LogP contribution in [0.15, 0.2) is 36.4 Å². The van der Waals surface area contributed by atoms with E-state index in [0.717, 1.165) is 23.8 Å². The quantitative estimate of drug-likeness (QED) is 0.892. The fourth-order valence-corrected chi connectivity index (χ4v) is 2.10. The van der Waals surface area contributed by atoms with Crippen LogP contribution in [0.25, 0.3) is 0 Å². The minimum absolute atomic E-state index is 0.164. The third-order valence-electron chi connectivity index (χ3n) is 2.98. The van der Waals surface area contributed by atoms with Gasteiger partial charge in [-0.25, -0.2) is 8.78 Å². The van der Waals surface area contributed by atoms with Gasteiger partial charge in [0.05, 0.1) is 0 Å². The van der Waals surface area contributed by atoms with Gasteiger partial charge in [-0.3, -0.25) is 4.79 Å². The second-order valence-corrected chi connectivity index (χ2v) is 4.92. The van der Waals surface area contributed by atoms with Crippen LogP contribution in [0.1, 0.15) is 21.5 Å². The molecule has 2 aromatic carbocycles. The normalized spacial score (nSPS) is 10.6. The van der Waals surface area contributed by atoms with E-state index in [1.165, 1.54) is 6.07 Å². The van der Waals surface area contributed by atoms with Gasteiger partial charge in [-0.05, 0) is 35.9 Å². The number of rotatable bonds is 5. The molecule has 0 fully saturated rings. The van der Waals surface area contributed by atoms with Gasteiger partial charge in [-0.1, -0.05) is 17.7 Å². The summed E-state index contributed by atoms with van der Waals surface area (Å²) in [7, 11) is 0. The number of primary amides is 1. The zero-order valence-corrected chi connectivity index (χ0v) is 11.8. The Morgan fingerprint density at radius 3 is 2.48 bits per heavy atom. The van der Waals surface area contributed by atoms with E-state index in [1.54, 1.807) is 12.1 Å². The van der Waals surface area contributed by atoms with Crippen LogP contribution < -0.4 is 11.1 Å². The number of nitrogens with two attached hydrogens (primary N) is 1. The average molecular weight is 311 g/mol. The van der Waals surface area contributed by atoms with Gasteiger partial charge in [0.25, 0.3) is 0 Å². The monoisotopic (exact) mass is 310 g/mol. The molecule has 2 rings (SSSR count). The molecule has 6 heteroatoms. The van der Waals surface area contributed by atoms with E-state index in [2.05, 4.69) is 5.32 Å². The zero-order chi connectivity index (χ0) is 15.4. The van der Waals surface area contributed by atoms with Crippen molar-refractivity contribution in [3.8, 4) is 0 Å². The summed E-state index contributed by atoms with van der Waals surface area (Å²) in [5, 5.41) is 3.36. The van der Waals surface area contributed by atoms with E-state index < -0.39 is 17.5 Å². The van der Waals surface area contributed by atoms with E-state index in [9.17, 15) is 13.6 Å². The number of halogens is 3. The van der Waals surface area contributed by atoms with Gasteiger partial charge in [0, 0.05) is 29.2 Å². The molecule has 2 aromatic rings. The lowest BCUT2D eigenvalue weighted by Crippen LogP contribution is -2.15. The fourth-order valence-electron chi connectivity index (χ4n) is 1.85. The van der Waals surface area contributed by atoms with Crippen molar-refractivity contribution in [2.45, 2.75) is 13.1 Å². The van der Waals surface area contributed by atoms with Crippen LogP contribution in [0.3, 0.4) is 0 Å². The van der Waals surface area contributed by atoms with Crippen molar-refractivity contribution in [1.82, 2.24) is 5.32 Å². The molecule has 0 radical (unpaired) electrons. The maximum atomic E-state index is 13.4. The number of carbonyl (C=O) groups excluding carboxylic acids is 1. The first-order chi connectivity index (χ1) is 9.97. The summed E-state index contributed by atoms with van der Waals surface area (Å²) in [6, 6.07) is 7.99. The molecule has 21 heavy (non-hydrogen) atoms. The van der Waals surface area contributed by atoms with Crippen LogP contribution in [0.4, 0.5) is 8.78 Å². The van der Waals surface area contributed by atoms with Crippen LogP contribution in [0.5, 0.6) is 0 Å². The molecular formula is C15H13ClF2N2O. The minimum Gasteiger partial charge on any atom is -0.366 e. The molecule has 110 valence electrons. The molecule has 0 atom stereocenters. The maximum absolute atomic E-state index is 13.4. The predicted molar refractivity (Wildman–Crippen MR) is 76.9 cm³/mol. The standard InChI is InChI=1S/C15H13ClF2N2O/c16-13-6-9(15(19)21)1-2-10(13)7-20-8-11-5-12(17)3-4-14(11)18/h1-6,20H,7-8H2,(H2,19,21). The molecule has 3 N–H and O–H groups in total. The molecule has 0 heterocycles. The first-order valence-electron chi connectivity index (χ1n) is 6.20. The van der Waals surface area contributed by atoms with Crippen LogP contribution in [0, 0.1) is 11.6 Å². The second kappa shape index (κ2) is 6.65. The predicted octanol–water partition coefficient (Wildman–Crippen LogP) is 3.01. The number of nitrogens with one attached hydrogen (secondary N) is 1. The van der Waals surface area contributed by atoms with Gasteiger partial charge in [0.2, 0.25) is 5.91 Å². The van der Waals surface area contributed by atoms with Crippen LogP contribution in [0.2, 0.25) is 5.02 Å². The third kappa shape index (κ3) is 4.00. The van der Waals surface area contributed by atoms with E-state index in [-0.39, 0.29) is 12.1 Å². The molecule has 0 saturated carbocycles. The highest BCUT2D eigenvalue weighted by Crippen LogP contribution is 2.18. The van der Waals surface area contributed by atoms with E-state index >= 15 is 0 Å². The van der Waals surface area contributed by atoms with Crippen molar-refractivity contribution < 1.29 is 13.6 Å². The summed E-state index contributed by atoms with van der Waals surface area (Å²) in [6.45, 7) is 0.519. The van der Waals surface area contributed by atoms with Crippen LogP contribution in [-0.2, 0) is 13.1 Å². The van der Waals surface area contributed by atoms with Crippen molar-refractivity contribution in [3.63, 3.8) is 0 Å². The molecule has 0 bridgehead atoms. The largest absolute Gasteiger partial charge is 0.366 e. The molecule has 0 spiro atoms. The molecule has 3 nitrogen and oxygen atoms in total. The second-order valence-electron chi connectivity index (χ2n) is 4.51. The van der Waals surface area contributed by atoms with Gasteiger partial charge in [0.15, 0.2) is 0 Å². The molecule has 0 saturated heterocycles. The van der Waals surface area contributed by atoms with Gasteiger partial charge < -0.3 is 11.1 Å². The Kier molecular flexibility index (Phi) is 4.88. The van der Waals surface area contributed by atoms with Gasteiger partial charge in [-0.15, -0.1) is 0 Å². The molecule has 0 unspecified atom stereocenters. The van der Waals surface area contributed by atoms with Crippen molar-refractivity contribution in [2.24, 2.45) is 5.73 Å². The summed E-state index contributed by atoms with van der Waals surface area (Å²) in [5.74, 6) is -1.52. The highest BCUT2D eigenvalue weighted by molar-refractivity contribution is 6.31. The number of amides is 1. The van der Waals surface area contributed by atoms with Crippen LogP contribution >= 0.6 is 11.6 Å². The van der Waals surface area contributed by atoms with Gasteiger partial charge >= 0.3 is 0 Å². The lowest BCUT2D eigenvalue weighted by molar-refractivity contribution is 0.100. The first-order valence-corrected chi connectivity index (χ1v) is 6.58. The minimum atomic E-state index is -0.557. The molecule has 1 amide bonds. The van der Waals surface area contributed by atoms with Crippen molar-refractivity contribution in [3.05, 3.63) is 69.7 Å². The summed E-state index contributed by atoms with van der Waals surface area (Å²) >= 11 is 6.03. The SMILES string of the molecule is NC(=O)c1ccc(CNCc2cc(F)ccc2F)c(Cl)c1. The van der Waals surface area contributed by atoms with Crippen molar-refractivity contribution in [1.29, 1.82) is 0 Å². The Hall–Kier alpha value is -1.98. The Balaban J connectivity index is 2.00. The number of benzene rings is 2. The van der Waals surface area contributed by atoms with Crippen LogP contribution in [-0.4, -0.2) is 5.91 Å². The van der Waals surface area contributed by atoms with Gasteiger partial charge in [0.1, 0.15) is 11.6 Å². The summed E-state index contributed by atoms with van der Waals surface area (Å²) in [4.78, 5) is 11.0.